The average molecular weight is 286 g/mol. The first-order chi connectivity index (χ1) is 9.06. The molecule has 0 bridgehead atoms. The smallest absolute Gasteiger partial charge is 0.340 e. The highest BCUT2D eigenvalue weighted by molar-refractivity contribution is 6.18. The summed E-state index contributed by atoms with van der Waals surface area (Å²) in [6.45, 7) is 0.429. The number of halogens is 2. The fourth-order valence-corrected chi connectivity index (χ4v) is 2.34. The molecule has 102 valence electrons. The van der Waals surface area contributed by atoms with E-state index in [1.54, 1.807) is 0 Å². The van der Waals surface area contributed by atoms with Crippen LogP contribution < -0.4 is 4.90 Å². The summed E-state index contributed by atoms with van der Waals surface area (Å²) in [6.07, 6.45) is 0.335. The molecule has 1 heterocycles. The Hall–Kier alpha value is -1.62. The molecule has 6 heteroatoms. The van der Waals surface area contributed by atoms with E-state index in [0.717, 1.165) is 6.07 Å². The molecule has 1 aliphatic rings. The summed E-state index contributed by atoms with van der Waals surface area (Å²) in [5, 5.41) is 0. The number of esters is 1. The van der Waals surface area contributed by atoms with E-state index in [1.165, 1.54) is 24.1 Å². The minimum atomic E-state index is -0.670. The third-order valence-electron chi connectivity index (χ3n) is 3.08. The van der Waals surface area contributed by atoms with Gasteiger partial charge in [-0.1, -0.05) is 0 Å². The normalized spacial score (nSPS) is 18.8. The van der Waals surface area contributed by atoms with Crippen LogP contribution in [0.2, 0.25) is 0 Å². The number of alkyl halides is 1. The molecule has 1 amide bonds. The Morgan fingerprint density at radius 3 is 2.89 bits per heavy atom. The van der Waals surface area contributed by atoms with Crippen LogP contribution in [0.15, 0.2) is 18.2 Å². The summed E-state index contributed by atoms with van der Waals surface area (Å²) < 4.78 is 17.8. The first-order valence-electron chi connectivity index (χ1n) is 5.81. The van der Waals surface area contributed by atoms with E-state index in [0.29, 0.717) is 24.5 Å². The summed E-state index contributed by atoms with van der Waals surface area (Å²) >= 11 is 5.75. The molecule has 0 radical (unpaired) electrons. The van der Waals surface area contributed by atoms with Crippen molar-refractivity contribution in [3.63, 3.8) is 0 Å². The molecule has 1 aliphatic heterocycles. The van der Waals surface area contributed by atoms with Crippen LogP contribution in [-0.2, 0) is 9.53 Å². The lowest BCUT2D eigenvalue weighted by Crippen LogP contribution is -2.27. The second-order valence-corrected chi connectivity index (χ2v) is 4.69. The summed E-state index contributed by atoms with van der Waals surface area (Å²) in [5.74, 6) is -0.926. The Labute approximate surface area is 115 Å². The van der Waals surface area contributed by atoms with Crippen molar-refractivity contribution in [2.75, 3.05) is 24.4 Å². The van der Waals surface area contributed by atoms with Crippen molar-refractivity contribution >= 4 is 29.2 Å². The summed E-state index contributed by atoms with van der Waals surface area (Å²) in [7, 11) is 1.21. The lowest BCUT2D eigenvalue weighted by Gasteiger charge is -2.19. The zero-order chi connectivity index (χ0) is 14.0. The largest absolute Gasteiger partial charge is 0.465 e. The molecule has 1 fully saturated rings. The van der Waals surface area contributed by atoms with Crippen LogP contribution >= 0.6 is 11.6 Å². The van der Waals surface area contributed by atoms with E-state index in [2.05, 4.69) is 4.74 Å². The van der Waals surface area contributed by atoms with Crippen molar-refractivity contribution in [1.82, 2.24) is 0 Å². The van der Waals surface area contributed by atoms with Gasteiger partial charge in [0.2, 0.25) is 5.91 Å². The maximum absolute atomic E-state index is 13.2. The third-order valence-corrected chi connectivity index (χ3v) is 3.51. The number of hydrogen-bond donors (Lipinski definition) is 0. The summed E-state index contributed by atoms with van der Waals surface area (Å²) in [4.78, 5) is 25.0. The van der Waals surface area contributed by atoms with Gasteiger partial charge < -0.3 is 9.64 Å². The lowest BCUT2D eigenvalue weighted by atomic mass is 10.1. The molecular formula is C13H13ClFNO3. The Kier molecular flexibility index (Phi) is 4.04. The van der Waals surface area contributed by atoms with Gasteiger partial charge in [0, 0.05) is 18.8 Å². The van der Waals surface area contributed by atoms with E-state index >= 15 is 0 Å². The fourth-order valence-electron chi connectivity index (χ4n) is 2.13. The predicted molar refractivity (Wildman–Crippen MR) is 68.9 cm³/mol. The van der Waals surface area contributed by atoms with Crippen LogP contribution in [-0.4, -0.2) is 31.4 Å². The molecule has 19 heavy (non-hydrogen) atoms. The second kappa shape index (κ2) is 5.57. The van der Waals surface area contributed by atoms with Crippen molar-refractivity contribution in [2.24, 2.45) is 5.92 Å². The number of ether oxygens (including phenoxy) is 1. The van der Waals surface area contributed by atoms with Crippen LogP contribution in [0.5, 0.6) is 0 Å². The zero-order valence-electron chi connectivity index (χ0n) is 10.4. The van der Waals surface area contributed by atoms with Crippen molar-refractivity contribution in [2.45, 2.75) is 6.42 Å². The molecule has 0 aromatic heterocycles. The lowest BCUT2D eigenvalue weighted by molar-refractivity contribution is -0.117. The number of carbonyl (C=O) groups excluding carboxylic acids is 2. The summed E-state index contributed by atoms with van der Waals surface area (Å²) in [6, 6.07) is 3.70. The molecule has 1 atom stereocenters. The number of benzene rings is 1. The Morgan fingerprint density at radius 1 is 1.58 bits per heavy atom. The molecule has 0 spiro atoms. The molecule has 4 nitrogen and oxygen atoms in total. The highest BCUT2D eigenvalue weighted by Gasteiger charge is 2.32. The van der Waals surface area contributed by atoms with Crippen molar-refractivity contribution < 1.29 is 18.7 Å². The highest BCUT2D eigenvalue weighted by Crippen LogP contribution is 2.29. The Balaban J connectivity index is 2.39. The second-order valence-electron chi connectivity index (χ2n) is 4.38. The number of carbonyl (C=O) groups is 2. The van der Waals surface area contributed by atoms with Gasteiger partial charge in [-0.3, -0.25) is 4.79 Å². The first-order valence-corrected chi connectivity index (χ1v) is 6.34. The van der Waals surface area contributed by atoms with Gasteiger partial charge in [0.15, 0.2) is 0 Å². The van der Waals surface area contributed by atoms with Gasteiger partial charge in [-0.25, -0.2) is 9.18 Å². The van der Waals surface area contributed by atoms with Gasteiger partial charge in [-0.05, 0) is 24.1 Å². The molecule has 0 N–H and O–H groups in total. The van der Waals surface area contributed by atoms with Gasteiger partial charge in [0.25, 0.3) is 0 Å². The van der Waals surface area contributed by atoms with E-state index in [9.17, 15) is 14.0 Å². The SMILES string of the molecule is COC(=O)c1cc(F)ccc1N1CC(CCl)CC1=O. The van der Waals surface area contributed by atoms with Gasteiger partial charge in [-0.15, -0.1) is 11.6 Å². The number of anilines is 1. The van der Waals surface area contributed by atoms with E-state index < -0.39 is 11.8 Å². The molecule has 0 saturated carbocycles. The molecule has 1 saturated heterocycles. The monoisotopic (exact) mass is 285 g/mol. The molecule has 0 aliphatic carbocycles. The van der Waals surface area contributed by atoms with E-state index in [4.69, 9.17) is 11.6 Å². The van der Waals surface area contributed by atoms with Crippen LogP contribution in [0.1, 0.15) is 16.8 Å². The van der Waals surface area contributed by atoms with Crippen molar-refractivity contribution in [3.05, 3.63) is 29.6 Å². The maximum atomic E-state index is 13.2. The van der Waals surface area contributed by atoms with Crippen LogP contribution in [0.25, 0.3) is 0 Å². The minimum Gasteiger partial charge on any atom is -0.465 e. The van der Waals surface area contributed by atoms with Crippen LogP contribution in [0.4, 0.5) is 10.1 Å². The van der Waals surface area contributed by atoms with Gasteiger partial charge >= 0.3 is 5.97 Å². The van der Waals surface area contributed by atoms with E-state index in [1.807, 2.05) is 0 Å². The number of methoxy groups -OCH3 is 1. The zero-order valence-corrected chi connectivity index (χ0v) is 11.1. The number of nitrogens with zero attached hydrogens (tertiary/aromatic N) is 1. The van der Waals surface area contributed by atoms with Crippen molar-refractivity contribution in [1.29, 1.82) is 0 Å². The fraction of sp³-hybridized carbons (Fsp3) is 0.385. The third kappa shape index (κ3) is 2.71. The molecule has 1 aromatic carbocycles. The van der Waals surface area contributed by atoms with Crippen LogP contribution in [0, 0.1) is 11.7 Å². The molecule has 1 unspecified atom stereocenters. The number of amides is 1. The van der Waals surface area contributed by atoms with Crippen molar-refractivity contribution in [3.8, 4) is 0 Å². The van der Waals surface area contributed by atoms with Crippen LogP contribution in [0.3, 0.4) is 0 Å². The number of hydrogen-bond acceptors (Lipinski definition) is 3. The maximum Gasteiger partial charge on any atom is 0.340 e. The molecule has 2 rings (SSSR count). The predicted octanol–water partition coefficient (Wildman–Crippen LogP) is 2.20. The first kappa shape index (κ1) is 13.8. The van der Waals surface area contributed by atoms with Gasteiger partial charge in [0.1, 0.15) is 5.82 Å². The number of rotatable bonds is 3. The topological polar surface area (TPSA) is 46.6 Å². The minimum absolute atomic E-state index is 0.0460. The molecular weight excluding hydrogens is 273 g/mol. The average Bonchev–Trinajstić information content (AvgIpc) is 2.79. The summed E-state index contributed by atoms with van der Waals surface area (Å²) in [5.41, 5.74) is 0.414. The van der Waals surface area contributed by atoms with E-state index in [-0.39, 0.29) is 17.4 Å². The quantitative estimate of drug-likeness (QED) is 0.632. The highest BCUT2D eigenvalue weighted by atomic mass is 35.5. The standard InChI is InChI=1S/C13H13ClFNO3/c1-19-13(18)10-5-9(15)2-3-11(10)16-7-8(6-14)4-12(16)17/h2-3,5,8H,4,6-7H2,1H3. The molecule has 1 aromatic rings. The van der Waals surface area contributed by atoms with Gasteiger partial charge in [0.05, 0.1) is 18.4 Å². The Bertz CT molecular complexity index is 521. The Morgan fingerprint density at radius 2 is 2.32 bits per heavy atom. The van der Waals surface area contributed by atoms with Gasteiger partial charge in [-0.2, -0.15) is 0 Å².